The number of rotatable bonds is 12. The number of nitrogens with zero attached hydrogens (tertiary/aromatic N) is 2. The van der Waals surface area contributed by atoms with Gasteiger partial charge < -0.3 is 19.1 Å². The number of benzene rings is 2. The second-order valence-electron chi connectivity index (χ2n) is 8.72. The molecule has 0 fully saturated rings. The summed E-state index contributed by atoms with van der Waals surface area (Å²) < 4.78 is 16.7. The van der Waals surface area contributed by atoms with E-state index >= 15 is 0 Å². The maximum absolute atomic E-state index is 12.6. The molecule has 0 aliphatic rings. The molecule has 0 spiro atoms. The van der Waals surface area contributed by atoms with Crippen molar-refractivity contribution in [1.29, 1.82) is 0 Å². The fourth-order valence-electron chi connectivity index (χ4n) is 3.61. The van der Waals surface area contributed by atoms with Crippen molar-refractivity contribution >= 4 is 34.2 Å². The van der Waals surface area contributed by atoms with Crippen molar-refractivity contribution in [1.82, 2.24) is 10.3 Å². The van der Waals surface area contributed by atoms with Gasteiger partial charge in [-0.1, -0.05) is 56.3 Å². The second-order valence-corrected chi connectivity index (χ2v) is 9.70. The van der Waals surface area contributed by atoms with Crippen LogP contribution in [-0.2, 0) is 19.1 Å². The fraction of sp³-hybridized carbons (Fsp3) is 0.385. The first kappa shape index (κ1) is 28.4. The summed E-state index contributed by atoms with van der Waals surface area (Å²) in [7, 11) is 1.58. The molecule has 2 aromatic carbocycles. The molecule has 1 heterocycles. The molecule has 11 heteroatoms. The van der Waals surface area contributed by atoms with Gasteiger partial charge in [-0.25, -0.2) is 14.4 Å². The van der Waals surface area contributed by atoms with Crippen LogP contribution < -0.4 is 4.74 Å². The number of hydrogen-bond acceptors (Lipinski definition) is 10. The van der Waals surface area contributed by atoms with Crippen LogP contribution in [0.4, 0.5) is 4.79 Å². The van der Waals surface area contributed by atoms with Crippen molar-refractivity contribution < 1.29 is 39.1 Å². The van der Waals surface area contributed by atoms with Gasteiger partial charge in [-0.3, -0.25) is 10.4 Å². The summed E-state index contributed by atoms with van der Waals surface area (Å²) in [5, 5.41) is 21.2. The molecule has 3 atom stereocenters. The van der Waals surface area contributed by atoms with Crippen LogP contribution in [0.2, 0.25) is 0 Å². The SMILES string of the molecule is CC(OC(=O)[C@H](ON(O)O)C(C)C)OC(=O)N(C)CC[C@H](Oc1cccc2ccccc12)c1cccs1. The number of carbonyl (C=O) groups excluding carboxylic acids is 2. The molecule has 1 amide bonds. The van der Waals surface area contributed by atoms with E-state index in [0.717, 1.165) is 21.4 Å². The summed E-state index contributed by atoms with van der Waals surface area (Å²) in [6.45, 7) is 4.96. The van der Waals surface area contributed by atoms with Crippen molar-refractivity contribution in [3.8, 4) is 5.75 Å². The molecule has 3 aromatic rings. The van der Waals surface area contributed by atoms with Crippen LogP contribution in [0.3, 0.4) is 0 Å². The second kappa shape index (κ2) is 13.4. The molecule has 200 valence electrons. The van der Waals surface area contributed by atoms with E-state index in [-0.39, 0.29) is 6.10 Å². The Morgan fingerprint density at radius 3 is 2.38 bits per heavy atom. The van der Waals surface area contributed by atoms with Crippen molar-refractivity contribution in [3.63, 3.8) is 0 Å². The van der Waals surface area contributed by atoms with Gasteiger partial charge in [-0.15, -0.1) is 11.3 Å². The summed E-state index contributed by atoms with van der Waals surface area (Å²) >= 11 is 1.57. The van der Waals surface area contributed by atoms with E-state index in [4.69, 9.17) is 24.6 Å². The van der Waals surface area contributed by atoms with Crippen LogP contribution in [-0.4, -0.2) is 58.8 Å². The van der Waals surface area contributed by atoms with E-state index in [0.29, 0.717) is 13.0 Å². The molecular formula is C26H32N2O8S. The van der Waals surface area contributed by atoms with E-state index in [1.165, 1.54) is 11.8 Å². The van der Waals surface area contributed by atoms with Crippen LogP contribution >= 0.6 is 11.3 Å². The highest BCUT2D eigenvalue weighted by molar-refractivity contribution is 7.10. The van der Waals surface area contributed by atoms with Gasteiger partial charge in [0.1, 0.15) is 11.9 Å². The lowest BCUT2D eigenvalue weighted by molar-refractivity contribution is -0.504. The minimum atomic E-state index is -1.30. The number of fused-ring (bicyclic) bond motifs is 1. The predicted molar refractivity (Wildman–Crippen MR) is 136 cm³/mol. The van der Waals surface area contributed by atoms with Crippen LogP contribution in [0.5, 0.6) is 5.75 Å². The molecule has 0 bridgehead atoms. The Hall–Kier alpha value is -3.22. The zero-order valence-electron chi connectivity index (χ0n) is 21.1. The monoisotopic (exact) mass is 532 g/mol. The van der Waals surface area contributed by atoms with Crippen LogP contribution in [0.1, 0.15) is 38.2 Å². The van der Waals surface area contributed by atoms with Crippen molar-refractivity contribution in [3.05, 3.63) is 64.9 Å². The smallest absolute Gasteiger partial charge is 0.412 e. The van der Waals surface area contributed by atoms with Gasteiger partial charge in [-0.2, -0.15) is 0 Å². The predicted octanol–water partition coefficient (Wildman–Crippen LogP) is 5.41. The molecule has 0 aliphatic carbocycles. The molecule has 10 nitrogen and oxygen atoms in total. The van der Waals surface area contributed by atoms with E-state index in [2.05, 4.69) is 4.84 Å². The third kappa shape index (κ3) is 8.14. The maximum Gasteiger partial charge on any atom is 0.412 e. The average Bonchev–Trinajstić information content (AvgIpc) is 3.39. The van der Waals surface area contributed by atoms with Crippen LogP contribution in [0, 0.1) is 5.92 Å². The van der Waals surface area contributed by atoms with Gasteiger partial charge in [0.25, 0.3) is 0 Å². The quantitative estimate of drug-likeness (QED) is 0.179. The zero-order valence-corrected chi connectivity index (χ0v) is 22.0. The number of thiophene rings is 1. The summed E-state index contributed by atoms with van der Waals surface area (Å²) in [5.74, 6) is -0.586. The summed E-state index contributed by atoms with van der Waals surface area (Å²) in [6, 6.07) is 17.8. The highest BCUT2D eigenvalue weighted by Crippen LogP contribution is 2.33. The molecule has 37 heavy (non-hydrogen) atoms. The van der Waals surface area contributed by atoms with Gasteiger partial charge in [0.15, 0.2) is 6.10 Å². The van der Waals surface area contributed by atoms with E-state index in [9.17, 15) is 9.59 Å². The van der Waals surface area contributed by atoms with Gasteiger partial charge >= 0.3 is 12.1 Å². The Morgan fingerprint density at radius 1 is 0.973 bits per heavy atom. The molecule has 1 aromatic heterocycles. The Bertz CT molecular complexity index is 1150. The van der Waals surface area contributed by atoms with E-state index in [1.54, 1.807) is 32.2 Å². The lowest BCUT2D eigenvalue weighted by Crippen LogP contribution is -2.39. The van der Waals surface area contributed by atoms with Gasteiger partial charge in [0.05, 0.1) is 5.39 Å². The molecule has 2 N–H and O–H groups in total. The highest BCUT2D eigenvalue weighted by Gasteiger charge is 2.30. The largest absolute Gasteiger partial charge is 0.484 e. The maximum atomic E-state index is 12.6. The lowest BCUT2D eigenvalue weighted by atomic mass is 10.1. The first-order chi connectivity index (χ1) is 17.7. The van der Waals surface area contributed by atoms with Crippen molar-refractivity contribution in [2.45, 2.75) is 45.7 Å². The Balaban J connectivity index is 1.59. The minimum Gasteiger partial charge on any atom is -0.484 e. The summed E-state index contributed by atoms with van der Waals surface area (Å²) in [4.78, 5) is 31.9. The number of hydrogen-bond donors (Lipinski definition) is 2. The number of carbonyl (C=O) groups is 2. The molecule has 0 radical (unpaired) electrons. The lowest BCUT2D eigenvalue weighted by Gasteiger charge is -2.25. The molecule has 0 saturated carbocycles. The first-order valence-corrected chi connectivity index (χ1v) is 12.7. The molecule has 3 rings (SSSR count). The van der Waals surface area contributed by atoms with Gasteiger partial charge in [-0.05, 0) is 28.8 Å². The van der Waals surface area contributed by atoms with Crippen LogP contribution in [0.15, 0.2) is 60.0 Å². The average molecular weight is 533 g/mol. The van der Waals surface area contributed by atoms with E-state index in [1.807, 2.05) is 60.0 Å². The Labute approximate surface area is 219 Å². The first-order valence-electron chi connectivity index (χ1n) is 11.8. The molecule has 0 aliphatic heterocycles. The fourth-order valence-corrected chi connectivity index (χ4v) is 4.40. The number of ether oxygens (including phenoxy) is 3. The zero-order chi connectivity index (χ0) is 26.9. The topological polar surface area (TPSA) is 118 Å². The molecular weight excluding hydrogens is 500 g/mol. The summed E-state index contributed by atoms with van der Waals surface area (Å²) in [6.07, 6.45) is -3.01. The minimum absolute atomic E-state index is 0.292. The third-order valence-electron chi connectivity index (χ3n) is 5.51. The third-order valence-corrected chi connectivity index (χ3v) is 6.48. The van der Waals surface area contributed by atoms with E-state index < -0.39 is 35.8 Å². The number of amides is 1. The highest BCUT2D eigenvalue weighted by atomic mass is 32.1. The number of esters is 1. The van der Waals surface area contributed by atoms with Crippen molar-refractivity contribution in [2.75, 3.05) is 13.6 Å². The summed E-state index contributed by atoms with van der Waals surface area (Å²) in [5.41, 5.74) is 0. The normalized spacial score (nSPS) is 13.8. The Kier molecular flexibility index (Phi) is 10.2. The molecule has 1 unspecified atom stereocenters. The van der Waals surface area contributed by atoms with Crippen molar-refractivity contribution in [2.24, 2.45) is 5.92 Å². The Morgan fingerprint density at radius 2 is 1.70 bits per heavy atom. The van der Waals surface area contributed by atoms with Gasteiger partial charge in [0.2, 0.25) is 6.29 Å². The van der Waals surface area contributed by atoms with Crippen LogP contribution in [0.25, 0.3) is 10.8 Å². The molecule has 0 saturated heterocycles. The standard InChI is InChI=1S/C26H32N2O8S/c1-17(2)24(36-28(31)32)25(29)33-18(3)34-26(30)27(4)15-14-22(23-13-8-16-37-23)35-21-12-7-10-19-9-5-6-11-20(19)21/h5-13,16-18,22,24,31-32H,14-15H2,1-4H3/t18?,22-,24+/m0/s1. The van der Waals surface area contributed by atoms with Gasteiger partial charge in [0, 0.05) is 37.2 Å².